The molecule has 0 spiro atoms. The van der Waals surface area contributed by atoms with E-state index in [0.717, 1.165) is 10.0 Å². The SMILES string of the molecule is Cc1ccc(Br)cc1OCC(=O)Nc1cccc(C#N)c1. The normalized spacial score (nSPS) is 9.76. The highest BCUT2D eigenvalue weighted by atomic mass is 79.9. The molecule has 0 saturated heterocycles. The smallest absolute Gasteiger partial charge is 0.262 e. The predicted octanol–water partition coefficient (Wildman–Crippen LogP) is 3.65. The maximum absolute atomic E-state index is 11.9. The van der Waals surface area contributed by atoms with Crippen LogP contribution in [0.1, 0.15) is 11.1 Å². The van der Waals surface area contributed by atoms with Crippen LogP contribution in [0.25, 0.3) is 0 Å². The van der Waals surface area contributed by atoms with E-state index in [1.54, 1.807) is 24.3 Å². The van der Waals surface area contributed by atoms with Gasteiger partial charge < -0.3 is 10.1 Å². The molecule has 0 heterocycles. The molecule has 1 N–H and O–H groups in total. The molecule has 2 rings (SSSR count). The van der Waals surface area contributed by atoms with Crippen LogP contribution in [0.3, 0.4) is 0 Å². The fraction of sp³-hybridized carbons (Fsp3) is 0.125. The van der Waals surface area contributed by atoms with Crippen LogP contribution in [0, 0.1) is 18.3 Å². The Kier molecular flexibility index (Phi) is 4.96. The summed E-state index contributed by atoms with van der Waals surface area (Å²) in [5, 5.41) is 11.5. The number of rotatable bonds is 4. The first-order valence-corrected chi connectivity index (χ1v) is 7.07. The minimum absolute atomic E-state index is 0.0892. The van der Waals surface area contributed by atoms with E-state index in [1.807, 2.05) is 31.2 Å². The van der Waals surface area contributed by atoms with Gasteiger partial charge in [0.2, 0.25) is 0 Å². The Balaban J connectivity index is 1.96. The Morgan fingerprint density at radius 3 is 2.90 bits per heavy atom. The van der Waals surface area contributed by atoms with Gasteiger partial charge in [0, 0.05) is 10.2 Å². The van der Waals surface area contributed by atoms with Gasteiger partial charge in [0.15, 0.2) is 6.61 Å². The molecule has 0 aliphatic rings. The maximum Gasteiger partial charge on any atom is 0.262 e. The van der Waals surface area contributed by atoms with Crippen LogP contribution in [-0.2, 0) is 4.79 Å². The third kappa shape index (κ3) is 4.33. The minimum Gasteiger partial charge on any atom is -0.483 e. The molecule has 0 bridgehead atoms. The second kappa shape index (κ2) is 6.91. The molecule has 0 radical (unpaired) electrons. The molecular formula is C16H13BrN2O2. The number of benzene rings is 2. The molecule has 0 atom stereocenters. The second-order valence-corrected chi connectivity index (χ2v) is 5.35. The average molecular weight is 345 g/mol. The first-order chi connectivity index (χ1) is 10.1. The number of halogens is 1. The summed E-state index contributed by atoms with van der Waals surface area (Å²) in [4.78, 5) is 11.9. The Morgan fingerprint density at radius 1 is 1.33 bits per heavy atom. The Hall–Kier alpha value is -2.32. The Morgan fingerprint density at radius 2 is 2.14 bits per heavy atom. The van der Waals surface area contributed by atoms with Crippen molar-refractivity contribution in [2.45, 2.75) is 6.92 Å². The van der Waals surface area contributed by atoms with E-state index in [4.69, 9.17) is 10.00 Å². The van der Waals surface area contributed by atoms with Crippen molar-refractivity contribution in [3.8, 4) is 11.8 Å². The molecule has 4 nitrogen and oxygen atoms in total. The predicted molar refractivity (Wildman–Crippen MR) is 84.2 cm³/mol. The van der Waals surface area contributed by atoms with Crippen LogP contribution in [0.4, 0.5) is 5.69 Å². The van der Waals surface area contributed by atoms with Gasteiger partial charge in [0.05, 0.1) is 11.6 Å². The van der Waals surface area contributed by atoms with Crippen molar-refractivity contribution in [2.24, 2.45) is 0 Å². The number of nitrogens with zero attached hydrogens (tertiary/aromatic N) is 1. The lowest BCUT2D eigenvalue weighted by molar-refractivity contribution is -0.118. The zero-order valence-corrected chi connectivity index (χ0v) is 13.0. The van der Waals surface area contributed by atoms with Crippen molar-refractivity contribution in [1.82, 2.24) is 0 Å². The standard InChI is InChI=1S/C16H13BrN2O2/c1-11-5-6-13(17)8-15(11)21-10-16(20)19-14-4-2-3-12(7-14)9-18/h2-8H,10H2,1H3,(H,19,20). The van der Waals surface area contributed by atoms with Gasteiger partial charge in [-0.15, -0.1) is 0 Å². The molecule has 0 saturated carbocycles. The number of ether oxygens (including phenoxy) is 1. The van der Waals surface area contributed by atoms with Gasteiger partial charge in [0.1, 0.15) is 5.75 Å². The molecular weight excluding hydrogens is 332 g/mol. The van der Waals surface area contributed by atoms with E-state index in [-0.39, 0.29) is 12.5 Å². The molecule has 1 amide bonds. The lowest BCUT2D eigenvalue weighted by atomic mass is 10.2. The number of nitrogens with one attached hydrogen (secondary N) is 1. The number of aryl methyl sites for hydroxylation is 1. The summed E-state index contributed by atoms with van der Waals surface area (Å²) in [6.07, 6.45) is 0. The van der Waals surface area contributed by atoms with Crippen LogP contribution in [0.5, 0.6) is 5.75 Å². The Labute approximate surface area is 131 Å². The molecule has 0 fully saturated rings. The number of hydrogen-bond donors (Lipinski definition) is 1. The monoisotopic (exact) mass is 344 g/mol. The molecule has 0 aliphatic carbocycles. The van der Waals surface area contributed by atoms with Crippen molar-refractivity contribution in [2.75, 3.05) is 11.9 Å². The number of amides is 1. The highest BCUT2D eigenvalue weighted by Crippen LogP contribution is 2.22. The van der Waals surface area contributed by atoms with E-state index in [2.05, 4.69) is 21.2 Å². The third-order valence-corrected chi connectivity index (χ3v) is 3.28. The largest absolute Gasteiger partial charge is 0.483 e. The van der Waals surface area contributed by atoms with Gasteiger partial charge in [-0.2, -0.15) is 5.26 Å². The summed E-state index contributed by atoms with van der Waals surface area (Å²) >= 11 is 3.36. The van der Waals surface area contributed by atoms with E-state index in [0.29, 0.717) is 17.0 Å². The lowest BCUT2D eigenvalue weighted by Crippen LogP contribution is -2.20. The summed E-state index contributed by atoms with van der Waals surface area (Å²) in [5.74, 6) is 0.384. The molecule has 5 heteroatoms. The zero-order valence-electron chi connectivity index (χ0n) is 11.4. The summed E-state index contributed by atoms with van der Waals surface area (Å²) in [6.45, 7) is 1.82. The highest BCUT2D eigenvalue weighted by molar-refractivity contribution is 9.10. The molecule has 2 aromatic rings. The topological polar surface area (TPSA) is 62.1 Å². The maximum atomic E-state index is 11.9. The lowest BCUT2D eigenvalue weighted by Gasteiger charge is -2.10. The van der Waals surface area contributed by atoms with E-state index >= 15 is 0 Å². The fourth-order valence-corrected chi connectivity index (χ4v) is 2.08. The van der Waals surface area contributed by atoms with Crippen LogP contribution in [0.2, 0.25) is 0 Å². The first-order valence-electron chi connectivity index (χ1n) is 6.27. The number of nitriles is 1. The van der Waals surface area contributed by atoms with Crippen molar-refractivity contribution >= 4 is 27.5 Å². The van der Waals surface area contributed by atoms with Gasteiger partial charge >= 0.3 is 0 Å². The van der Waals surface area contributed by atoms with Gasteiger partial charge in [-0.05, 0) is 42.8 Å². The van der Waals surface area contributed by atoms with Crippen LogP contribution in [0.15, 0.2) is 46.9 Å². The van der Waals surface area contributed by atoms with Crippen molar-refractivity contribution in [3.05, 3.63) is 58.1 Å². The van der Waals surface area contributed by atoms with Gasteiger partial charge in [-0.3, -0.25) is 4.79 Å². The van der Waals surface area contributed by atoms with Crippen molar-refractivity contribution in [3.63, 3.8) is 0 Å². The molecule has 0 aliphatic heterocycles. The van der Waals surface area contributed by atoms with Crippen molar-refractivity contribution < 1.29 is 9.53 Å². The number of carbonyl (C=O) groups excluding carboxylic acids is 1. The molecule has 0 aromatic heterocycles. The quantitative estimate of drug-likeness (QED) is 0.920. The van der Waals surface area contributed by atoms with Crippen molar-refractivity contribution in [1.29, 1.82) is 5.26 Å². The summed E-state index contributed by atoms with van der Waals surface area (Å²) in [7, 11) is 0. The Bertz CT molecular complexity index is 708. The zero-order chi connectivity index (χ0) is 15.2. The van der Waals surface area contributed by atoms with Crippen LogP contribution >= 0.6 is 15.9 Å². The van der Waals surface area contributed by atoms with Gasteiger partial charge in [0.25, 0.3) is 5.91 Å². The molecule has 106 valence electrons. The van der Waals surface area contributed by atoms with Gasteiger partial charge in [-0.1, -0.05) is 28.1 Å². The van der Waals surface area contributed by atoms with E-state index in [1.165, 1.54) is 0 Å². The number of carbonyl (C=O) groups is 1. The van der Waals surface area contributed by atoms with Gasteiger partial charge in [-0.25, -0.2) is 0 Å². The summed E-state index contributed by atoms with van der Waals surface area (Å²) in [6, 6.07) is 14.4. The first kappa shape index (κ1) is 15.1. The molecule has 0 unspecified atom stereocenters. The third-order valence-electron chi connectivity index (χ3n) is 2.78. The molecule has 21 heavy (non-hydrogen) atoms. The summed E-state index contributed by atoms with van der Waals surface area (Å²) in [5.41, 5.74) is 2.03. The van der Waals surface area contributed by atoms with E-state index < -0.39 is 0 Å². The second-order valence-electron chi connectivity index (χ2n) is 4.44. The number of hydrogen-bond acceptors (Lipinski definition) is 3. The minimum atomic E-state index is -0.274. The number of anilines is 1. The molecule has 2 aromatic carbocycles. The van der Waals surface area contributed by atoms with Crippen LogP contribution in [-0.4, -0.2) is 12.5 Å². The van der Waals surface area contributed by atoms with E-state index in [9.17, 15) is 4.79 Å². The van der Waals surface area contributed by atoms with Crippen LogP contribution < -0.4 is 10.1 Å². The fourth-order valence-electron chi connectivity index (χ4n) is 1.74. The summed E-state index contributed by atoms with van der Waals surface area (Å²) < 4.78 is 6.39. The average Bonchev–Trinajstić information content (AvgIpc) is 2.48. The highest BCUT2D eigenvalue weighted by Gasteiger charge is 2.06.